The van der Waals surface area contributed by atoms with Crippen molar-refractivity contribution < 1.29 is 4.42 Å². The van der Waals surface area contributed by atoms with Crippen molar-refractivity contribution in [2.45, 2.75) is 10.8 Å². The van der Waals surface area contributed by atoms with Gasteiger partial charge in [-0.25, -0.2) is 0 Å². The van der Waals surface area contributed by atoms with Gasteiger partial charge in [-0.05, 0) is 23.3 Å². The molecule has 2 atom stereocenters. The van der Waals surface area contributed by atoms with Crippen molar-refractivity contribution in [2.24, 2.45) is 0 Å². The Balaban J connectivity index is 2.25. The molecule has 2 aliphatic rings. The zero-order valence-corrected chi connectivity index (χ0v) is 8.64. The Hall–Kier alpha value is -0.530. The molecule has 68 valence electrons. The second-order valence-electron chi connectivity index (χ2n) is 2.99. The summed E-state index contributed by atoms with van der Waals surface area (Å²) in [5.74, 6) is 0.849. The van der Waals surface area contributed by atoms with Gasteiger partial charge >= 0.3 is 5.78 Å². The third kappa shape index (κ3) is 1.59. The van der Waals surface area contributed by atoms with Gasteiger partial charge in [-0.2, -0.15) is 0 Å². The molecular formula is C10H9Cl2O+. The predicted molar refractivity (Wildman–Crippen MR) is 55.5 cm³/mol. The summed E-state index contributed by atoms with van der Waals surface area (Å²) in [6.07, 6.45) is 7.78. The predicted octanol–water partition coefficient (Wildman–Crippen LogP) is 2.37. The van der Waals surface area contributed by atoms with E-state index in [4.69, 9.17) is 27.6 Å². The van der Waals surface area contributed by atoms with E-state index in [1.807, 2.05) is 24.3 Å². The van der Waals surface area contributed by atoms with Gasteiger partial charge in [0.2, 0.25) is 0 Å². The Labute approximate surface area is 87.0 Å². The normalized spacial score (nSPS) is 31.2. The highest BCUT2D eigenvalue weighted by atomic mass is 35.5. The average Bonchev–Trinajstić information content (AvgIpc) is 2.75. The third-order valence-corrected chi connectivity index (χ3v) is 3.27. The molecule has 0 amide bonds. The molecule has 0 aromatic rings. The molecule has 0 aromatic heterocycles. The molecule has 2 aliphatic carbocycles. The minimum absolute atomic E-state index is 0.00932. The van der Waals surface area contributed by atoms with Crippen LogP contribution in [0.1, 0.15) is 0 Å². The second kappa shape index (κ2) is 3.32. The van der Waals surface area contributed by atoms with Crippen molar-refractivity contribution in [2.75, 3.05) is 7.11 Å². The first-order valence-electron chi connectivity index (χ1n) is 4.03. The lowest BCUT2D eigenvalue weighted by molar-refractivity contribution is -0.417. The molecule has 1 nitrogen and oxygen atoms in total. The summed E-state index contributed by atoms with van der Waals surface area (Å²) in [4.78, 5) is 0. The summed E-state index contributed by atoms with van der Waals surface area (Å²) in [6, 6.07) is 0. The van der Waals surface area contributed by atoms with Crippen molar-refractivity contribution in [1.82, 2.24) is 0 Å². The number of hydrogen-bond acceptors (Lipinski definition) is 0. The van der Waals surface area contributed by atoms with E-state index in [0.717, 1.165) is 16.9 Å². The molecule has 0 aliphatic heterocycles. The summed E-state index contributed by atoms with van der Waals surface area (Å²) >= 11 is 11.8. The fraction of sp³-hybridized carbons (Fsp3) is 0.300. The van der Waals surface area contributed by atoms with E-state index in [1.54, 1.807) is 7.11 Å². The van der Waals surface area contributed by atoms with Crippen molar-refractivity contribution in [1.29, 1.82) is 0 Å². The van der Waals surface area contributed by atoms with Gasteiger partial charge in [0.05, 0.1) is 10.8 Å². The van der Waals surface area contributed by atoms with Crippen LogP contribution in [0.15, 0.2) is 35.5 Å². The molecule has 3 heteroatoms. The van der Waals surface area contributed by atoms with Crippen molar-refractivity contribution in [3.05, 3.63) is 35.5 Å². The van der Waals surface area contributed by atoms with Crippen LogP contribution in [0.2, 0.25) is 0 Å². The molecule has 1 saturated carbocycles. The van der Waals surface area contributed by atoms with Gasteiger partial charge in [0.25, 0.3) is 7.11 Å². The minimum atomic E-state index is 0.00932. The minimum Gasteiger partial charge on any atom is -0.258 e. The maximum Gasteiger partial charge on any atom is 0.343 e. The Bertz CT molecular complexity index is 322. The quantitative estimate of drug-likeness (QED) is 0.435. The number of allylic oxidation sites excluding steroid dienone is 6. The number of ketones is 1. The van der Waals surface area contributed by atoms with Crippen LogP contribution in [-0.4, -0.2) is 23.6 Å². The summed E-state index contributed by atoms with van der Waals surface area (Å²) in [6.45, 7) is 0. The van der Waals surface area contributed by atoms with Gasteiger partial charge in [-0.15, -0.1) is 23.2 Å². The van der Waals surface area contributed by atoms with Crippen molar-refractivity contribution >= 4 is 29.0 Å². The molecule has 2 rings (SSSR count). The van der Waals surface area contributed by atoms with Crippen LogP contribution >= 0.6 is 23.2 Å². The SMILES string of the molecule is C[O+]=C1C=CC(=C2C(Cl)C2Cl)C=C1. The monoisotopic (exact) mass is 215 g/mol. The maximum absolute atomic E-state index is 5.91. The smallest absolute Gasteiger partial charge is 0.258 e. The van der Waals surface area contributed by atoms with E-state index < -0.39 is 0 Å². The molecule has 0 bridgehead atoms. The molecule has 1 fully saturated rings. The largest absolute Gasteiger partial charge is 0.343 e. The number of carbonyl (C=O) groups excluding carboxylic acids is 1. The molecule has 0 aromatic carbocycles. The zero-order valence-electron chi connectivity index (χ0n) is 7.13. The summed E-state index contributed by atoms with van der Waals surface area (Å²) < 4.78 is 5.05. The summed E-state index contributed by atoms with van der Waals surface area (Å²) in [5.41, 5.74) is 2.23. The van der Waals surface area contributed by atoms with Crippen molar-refractivity contribution in [3.63, 3.8) is 0 Å². The number of halogens is 2. The Kier molecular flexibility index (Phi) is 2.31. The van der Waals surface area contributed by atoms with Gasteiger partial charge < -0.3 is 0 Å². The standard InChI is InChI=1S/C10H9Cl2O/c1-13-7-4-2-6(3-5-7)8-9(11)10(8)12/h2-5,9-10H,1H3/q+1. The highest BCUT2D eigenvalue weighted by Gasteiger charge is 2.42. The molecular weight excluding hydrogens is 207 g/mol. The highest BCUT2D eigenvalue weighted by Crippen LogP contribution is 2.44. The van der Waals surface area contributed by atoms with Crippen LogP contribution in [-0.2, 0) is 4.42 Å². The van der Waals surface area contributed by atoms with E-state index in [1.165, 1.54) is 0 Å². The van der Waals surface area contributed by atoms with E-state index in [9.17, 15) is 0 Å². The third-order valence-electron chi connectivity index (χ3n) is 2.17. The van der Waals surface area contributed by atoms with Crippen LogP contribution < -0.4 is 0 Å². The topological polar surface area (TPSA) is 11.3 Å². The fourth-order valence-electron chi connectivity index (χ4n) is 1.30. The van der Waals surface area contributed by atoms with Gasteiger partial charge in [0.1, 0.15) is 0 Å². The summed E-state index contributed by atoms with van der Waals surface area (Å²) in [7, 11) is 1.65. The van der Waals surface area contributed by atoms with Crippen LogP contribution in [0.25, 0.3) is 0 Å². The first kappa shape index (κ1) is 9.04. The number of alkyl halides is 2. The highest BCUT2D eigenvalue weighted by molar-refractivity contribution is 6.39. The van der Waals surface area contributed by atoms with Crippen molar-refractivity contribution in [3.8, 4) is 0 Å². The molecule has 2 unspecified atom stereocenters. The molecule has 0 N–H and O–H groups in total. The molecule has 13 heavy (non-hydrogen) atoms. The van der Waals surface area contributed by atoms with E-state index in [0.29, 0.717) is 0 Å². The Morgan fingerprint density at radius 1 is 1.08 bits per heavy atom. The van der Waals surface area contributed by atoms with Crippen LogP contribution in [0.4, 0.5) is 0 Å². The Morgan fingerprint density at radius 2 is 1.62 bits per heavy atom. The van der Waals surface area contributed by atoms with E-state index >= 15 is 0 Å². The molecule has 0 spiro atoms. The van der Waals surface area contributed by atoms with Crippen LogP contribution in [0, 0.1) is 0 Å². The Morgan fingerprint density at radius 3 is 2.00 bits per heavy atom. The fourth-order valence-corrected chi connectivity index (χ4v) is 2.02. The lowest BCUT2D eigenvalue weighted by Crippen LogP contribution is -1.95. The molecule has 0 saturated heterocycles. The maximum atomic E-state index is 5.91. The first-order chi connectivity index (χ1) is 6.24. The van der Waals surface area contributed by atoms with Gasteiger partial charge in [-0.1, -0.05) is 0 Å². The second-order valence-corrected chi connectivity index (χ2v) is 3.93. The van der Waals surface area contributed by atoms with Gasteiger partial charge in [0, 0.05) is 12.2 Å². The van der Waals surface area contributed by atoms with Gasteiger partial charge in [0.15, 0.2) is 0 Å². The van der Waals surface area contributed by atoms with Crippen LogP contribution in [0.5, 0.6) is 0 Å². The van der Waals surface area contributed by atoms with E-state index in [-0.39, 0.29) is 10.8 Å². The first-order valence-corrected chi connectivity index (χ1v) is 4.90. The number of hydrogen-bond donors (Lipinski definition) is 0. The zero-order chi connectivity index (χ0) is 9.42. The van der Waals surface area contributed by atoms with Gasteiger partial charge in [-0.3, -0.25) is 4.42 Å². The lowest BCUT2D eigenvalue weighted by atomic mass is 10.1. The average molecular weight is 216 g/mol. The molecule has 0 radical (unpaired) electrons. The van der Waals surface area contributed by atoms with Crippen LogP contribution in [0.3, 0.4) is 0 Å². The number of rotatable bonds is 0. The molecule has 0 heterocycles. The summed E-state index contributed by atoms with van der Waals surface area (Å²) in [5, 5.41) is 0.0186. The van der Waals surface area contributed by atoms with E-state index in [2.05, 4.69) is 0 Å². The lowest BCUT2D eigenvalue weighted by Gasteiger charge is -1.94.